The van der Waals surface area contributed by atoms with Gasteiger partial charge in [0.25, 0.3) is 0 Å². The van der Waals surface area contributed by atoms with Gasteiger partial charge < -0.3 is 9.94 Å². The summed E-state index contributed by atoms with van der Waals surface area (Å²) in [6.45, 7) is 5.90. The van der Waals surface area contributed by atoms with Crippen molar-refractivity contribution in [2.75, 3.05) is 7.05 Å². The van der Waals surface area contributed by atoms with E-state index in [0.717, 1.165) is 5.56 Å². The van der Waals surface area contributed by atoms with Gasteiger partial charge in [-0.3, -0.25) is 4.99 Å². The minimum absolute atomic E-state index is 0.147. The fraction of sp³-hybridized carbons (Fsp3) is 0.333. The van der Waals surface area contributed by atoms with Crippen LogP contribution in [0.4, 0.5) is 0 Å². The maximum absolute atomic E-state index is 8.47. The Morgan fingerprint density at radius 1 is 1.30 bits per heavy atom. The van der Waals surface area contributed by atoms with E-state index in [1.807, 2.05) is 51.1 Å². The largest absolute Gasteiger partial charge is 0.439 e. The molecule has 0 aliphatic carbocycles. The molecule has 0 amide bonds. The Bertz CT molecular complexity index is 465. The molecular formula is C15H21ClN2O2. The first kappa shape index (κ1) is 18.2. The van der Waals surface area contributed by atoms with Crippen LogP contribution in [0.5, 0.6) is 5.75 Å². The lowest BCUT2D eigenvalue weighted by Crippen LogP contribution is -2.04. The van der Waals surface area contributed by atoms with Gasteiger partial charge in [0.1, 0.15) is 10.9 Å². The number of hydrogen-bond acceptors (Lipinski definition) is 4. The molecule has 1 aromatic carbocycles. The standard InChI is InChI=1S/C13H15ClN2O2.C2H6/c1-3-4-13(15-2)18-11-7-5-10(6-8-11)9-12(14)16-17;1-2/h3-8,17H,9H2,1-2H3;1-2H3/b4-3-,15-13?,16-12-;. The molecule has 0 atom stereocenters. The van der Waals surface area contributed by atoms with Gasteiger partial charge in [-0.25, -0.2) is 0 Å². The van der Waals surface area contributed by atoms with Gasteiger partial charge >= 0.3 is 0 Å². The average molecular weight is 297 g/mol. The SMILES string of the molecule is C/C=C\C(=NC)Oc1ccc(C/C(Cl)=N/O)cc1.CC. The maximum Gasteiger partial charge on any atom is 0.214 e. The minimum Gasteiger partial charge on any atom is -0.439 e. The highest BCUT2D eigenvalue weighted by Crippen LogP contribution is 2.14. The number of oxime groups is 1. The third-order valence-corrected chi connectivity index (χ3v) is 2.34. The number of halogens is 1. The van der Waals surface area contributed by atoms with E-state index in [9.17, 15) is 0 Å². The van der Waals surface area contributed by atoms with Gasteiger partial charge in [0.15, 0.2) is 0 Å². The van der Waals surface area contributed by atoms with Crippen LogP contribution in [-0.4, -0.2) is 23.3 Å². The molecule has 0 saturated heterocycles. The maximum atomic E-state index is 8.47. The average Bonchev–Trinajstić information content (AvgIpc) is 2.50. The molecule has 0 heterocycles. The van der Waals surface area contributed by atoms with Gasteiger partial charge in [-0.2, -0.15) is 0 Å². The number of aliphatic imine (C=N–C) groups is 1. The minimum atomic E-state index is 0.147. The van der Waals surface area contributed by atoms with Crippen LogP contribution in [-0.2, 0) is 6.42 Å². The van der Waals surface area contributed by atoms with E-state index in [1.165, 1.54) is 0 Å². The van der Waals surface area contributed by atoms with E-state index in [4.69, 9.17) is 21.5 Å². The van der Waals surface area contributed by atoms with Gasteiger partial charge in [-0.1, -0.05) is 48.8 Å². The lowest BCUT2D eigenvalue weighted by atomic mass is 10.1. The van der Waals surface area contributed by atoms with E-state index < -0.39 is 0 Å². The van der Waals surface area contributed by atoms with Crippen molar-refractivity contribution in [3.63, 3.8) is 0 Å². The molecule has 0 aromatic heterocycles. The molecule has 5 heteroatoms. The Balaban J connectivity index is 0.00000172. The van der Waals surface area contributed by atoms with Gasteiger partial charge in [-0.05, 0) is 30.7 Å². The topological polar surface area (TPSA) is 54.2 Å². The third kappa shape index (κ3) is 6.95. The molecule has 0 saturated carbocycles. The van der Waals surface area contributed by atoms with Crippen molar-refractivity contribution in [2.45, 2.75) is 27.2 Å². The monoisotopic (exact) mass is 296 g/mol. The zero-order valence-electron chi connectivity index (χ0n) is 12.3. The van der Waals surface area contributed by atoms with Gasteiger partial charge in [0.05, 0.1) is 0 Å². The van der Waals surface area contributed by atoms with Crippen molar-refractivity contribution < 1.29 is 9.94 Å². The molecular weight excluding hydrogens is 276 g/mol. The Morgan fingerprint density at radius 3 is 2.35 bits per heavy atom. The van der Waals surface area contributed by atoms with E-state index in [2.05, 4.69) is 10.1 Å². The van der Waals surface area contributed by atoms with E-state index in [1.54, 1.807) is 13.1 Å². The van der Waals surface area contributed by atoms with E-state index in [-0.39, 0.29) is 5.17 Å². The molecule has 0 bridgehead atoms. The lowest BCUT2D eigenvalue weighted by Gasteiger charge is -2.05. The predicted molar refractivity (Wildman–Crippen MR) is 85.4 cm³/mol. The first-order valence-corrected chi connectivity index (χ1v) is 6.80. The summed E-state index contributed by atoms with van der Waals surface area (Å²) in [4.78, 5) is 3.99. The first-order chi connectivity index (χ1) is 9.69. The number of allylic oxidation sites excluding steroid dienone is 1. The second kappa shape index (κ2) is 11.1. The molecule has 0 fully saturated rings. The fourth-order valence-electron chi connectivity index (χ4n) is 1.30. The van der Waals surface area contributed by atoms with Crippen LogP contribution in [0.2, 0.25) is 0 Å². The van der Waals surface area contributed by atoms with Crippen LogP contribution in [0.3, 0.4) is 0 Å². The predicted octanol–water partition coefficient (Wildman–Crippen LogP) is 4.27. The molecule has 4 nitrogen and oxygen atoms in total. The van der Waals surface area contributed by atoms with Crippen LogP contribution in [0, 0.1) is 0 Å². The third-order valence-electron chi connectivity index (χ3n) is 2.13. The summed E-state index contributed by atoms with van der Waals surface area (Å²) < 4.78 is 5.54. The molecule has 0 spiro atoms. The molecule has 1 aromatic rings. The first-order valence-electron chi connectivity index (χ1n) is 6.42. The summed E-state index contributed by atoms with van der Waals surface area (Å²) in [5.74, 6) is 1.23. The molecule has 0 aliphatic rings. The van der Waals surface area contributed by atoms with Crippen LogP contribution in [0.25, 0.3) is 0 Å². The molecule has 20 heavy (non-hydrogen) atoms. The summed E-state index contributed by atoms with van der Waals surface area (Å²) >= 11 is 5.63. The molecule has 0 radical (unpaired) electrons. The molecule has 1 N–H and O–H groups in total. The van der Waals surface area contributed by atoms with E-state index in [0.29, 0.717) is 18.1 Å². The molecule has 0 unspecified atom stereocenters. The summed E-state index contributed by atoms with van der Waals surface area (Å²) in [5.41, 5.74) is 0.936. The number of benzene rings is 1. The lowest BCUT2D eigenvalue weighted by molar-refractivity contribution is 0.319. The summed E-state index contributed by atoms with van der Waals surface area (Å²) in [6.07, 6.45) is 4.03. The van der Waals surface area contributed by atoms with Crippen molar-refractivity contribution in [1.82, 2.24) is 0 Å². The van der Waals surface area contributed by atoms with Gasteiger partial charge in [0, 0.05) is 13.5 Å². The van der Waals surface area contributed by atoms with Crippen LogP contribution in [0.1, 0.15) is 26.3 Å². The fourth-order valence-corrected chi connectivity index (χ4v) is 1.45. The Hall–Kier alpha value is -1.81. The van der Waals surface area contributed by atoms with Gasteiger partial charge in [0.2, 0.25) is 5.90 Å². The van der Waals surface area contributed by atoms with Gasteiger partial charge in [-0.15, -0.1) is 0 Å². The Kier molecular flexibility index (Phi) is 10.1. The number of hydrogen-bond donors (Lipinski definition) is 1. The molecule has 110 valence electrons. The van der Waals surface area contributed by atoms with Crippen molar-refractivity contribution >= 4 is 22.7 Å². The smallest absolute Gasteiger partial charge is 0.214 e. The van der Waals surface area contributed by atoms with Crippen molar-refractivity contribution in [1.29, 1.82) is 0 Å². The van der Waals surface area contributed by atoms with Crippen molar-refractivity contribution in [3.05, 3.63) is 42.0 Å². The number of ether oxygens (including phenoxy) is 1. The van der Waals surface area contributed by atoms with Crippen LogP contribution < -0.4 is 4.74 Å². The summed E-state index contributed by atoms with van der Waals surface area (Å²) in [6, 6.07) is 7.33. The molecule has 0 aliphatic heterocycles. The van der Waals surface area contributed by atoms with E-state index >= 15 is 0 Å². The Labute approximate surface area is 125 Å². The summed E-state index contributed by atoms with van der Waals surface area (Å²) in [5, 5.41) is 11.5. The highest BCUT2D eigenvalue weighted by Gasteiger charge is 2.01. The Morgan fingerprint density at radius 2 is 1.90 bits per heavy atom. The highest BCUT2D eigenvalue weighted by molar-refractivity contribution is 6.65. The van der Waals surface area contributed by atoms with Crippen molar-refractivity contribution in [3.8, 4) is 5.75 Å². The normalized spacial score (nSPS) is 12.1. The molecule has 1 rings (SSSR count). The second-order valence-corrected chi connectivity index (χ2v) is 3.90. The number of nitrogens with zero attached hydrogens (tertiary/aromatic N) is 2. The zero-order chi connectivity index (χ0) is 15.4. The summed E-state index contributed by atoms with van der Waals surface area (Å²) in [7, 11) is 1.67. The zero-order valence-corrected chi connectivity index (χ0v) is 13.1. The van der Waals surface area contributed by atoms with Crippen LogP contribution >= 0.6 is 11.6 Å². The van der Waals surface area contributed by atoms with Crippen LogP contribution in [0.15, 0.2) is 46.6 Å². The van der Waals surface area contributed by atoms with Crippen molar-refractivity contribution in [2.24, 2.45) is 10.1 Å². The second-order valence-electron chi connectivity index (χ2n) is 3.46. The quantitative estimate of drug-likeness (QED) is 0.390. The highest BCUT2D eigenvalue weighted by atomic mass is 35.5. The number of rotatable bonds is 4.